The van der Waals surface area contributed by atoms with Crippen molar-refractivity contribution in [3.05, 3.63) is 57.6 Å². The van der Waals surface area contributed by atoms with E-state index >= 15 is 0 Å². The maximum absolute atomic E-state index is 10.9. The highest BCUT2D eigenvalue weighted by molar-refractivity contribution is 5.85. The zero-order valence-electron chi connectivity index (χ0n) is 25.0. The van der Waals surface area contributed by atoms with E-state index in [1.807, 2.05) is 12.4 Å². The molecule has 2 N–H and O–H groups in total. The third kappa shape index (κ3) is 9.51. The first-order chi connectivity index (χ1) is 19.0. The molecule has 1 aliphatic rings. The summed E-state index contributed by atoms with van der Waals surface area (Å²) in [5, 5.41) is 21.9. The molecular weight excluding hydrogens is 480 g/mol. The van der Waals surface area contributed by atoms with E-state index in [9.17, 15) is 10.2 Å². The normalized spacial score (nSPS) is 17.6. The summed E-state index contributed by atoms with van der Waals surface area (Å²) >= 11 is 0. The minimum atomic E-state index is 0.217. The van der Waals surface area contributed by atoms with Gasteiger partial charge in [0.1, 0.15) is 11.5 Å². The lowest BCUT2D eigenvalue weighted by Gasteiger charge is -2.12. The molecule has 0 aromatic heterocycles. The van der Waals surface area contributed by atoms with Crippen LogP contribution in [0.1, 0.15) is 132 Å². The number of hydrogen-bond donors (Lipinski definition) is 2. The van der Waals surface area contributed by atoms with E-state index in [1.54, 1.807) is 0 Å². The van der Waals surface area contributed by atoms with Crippen molar-refractivity contribution in [3.63, 3.8) is 0 Å². The van der Waals surface area contributed by atoms with Gasteiger partial charge >= 0.3 is 0 Å². The highest BCUT2D eigenvalue weighted by atomic mass is 16.3. The number of rotatable bonds is 16. The van der Waals surface area contributed by atoms with Crippen molar-refractivity contribution in [2.24, 2.45) is 9.98 Å². The van der Waals surface area contributed by atoms with E-state index in [0.29, 0.717) is 11.5 Å². The van der Waals surface area contributed by atoms with Gasteiger partial charge < -0.3 is 10.2 Å². The Morgan fingerprint density at radius 3 is 1.38 bits per heavy atom. The molecule has 0 heterocycles. The maximum Gasteiger partial charge on any atom is 0.127 e. The Labute approximate surface area is 237 Å². The second-order valence-corrected chi connectivity index (χ2v) is 11.5. The van der Waals surface area contributed by atoms with Crippen molar-refractivity contribution < 1.29 is 10.2 Å². The van der Waals surface area contributed by atoms with Crippen molar-refractivity contribution in [1.29, 1.82) is 0 Å². The summed E-state index contributed by atoms with van der Waals surface area (Å²) < 4.78 is 0. The average Bonchev–Trinajstić information content (AvgIpc) is 3.40. The number of benzene rings is 2. The Morgan fingerprint density at radius 1 is 0.615 bits per heavy atom. The van der Waals surface area contributed by atoms with Gasteiger partial charge in [-0.25, -0.2) is 0 Å². The van der Waals surface area contributed by atoms with E-state index in [1.165, 1.54) is 24.0 Å². The SMILES string of the molecule is CCCCc1cc(C=NC2CCC(N=Cc3cc(CCCC)cc(CCCC)c3O)C2)c(O)c(CCCC)c1. The minimum absolute atomic E-state index is 0.217. The van der Waals surface area contributed by atoms with E-state index < -0.39 is 0 Å². The predicted octanol–water partition coefficient (Wildman–Crippen LogP) is 8.93. The fourth-order valence-electron chi connectivity index (χ4n) is 5.51. The second-order valence-electron chi connectivity index (χ2n) is 11.5. The lowest BCUT2D eigenvalue weighted by molar-refractivity contribution is 0.465. The van der Waals surface area contributed by atoms with Crippen LogP contribution in [0.15, 0.2) is 34.3 Å². The summed E-state index contributed by atoms with van der Waals surface area (Å²) in [5.41, 5.74) is 6.43. The van der Waals surface area contributed by atoms with Gasteiger partial charge in [0.15, 0.2) is 0 Å². The Balaban J connectivity index is 1.70. The molecule has 2 unspecified atom stereocenters. The quantitative estimate of drug-likeness (QED) is 0.212. The molecule has 2 aromatic rings. The molecule has 0 radical (unpaired) electrons. The highest BCUT2D eigenvalue weighted by Gasteiger charge is 2.23. The number of aryl methyl sites for hydroxylation is 4. The molecule has 39 heavy (non-hydrogen) atoms. The number of aromatic hydroxyl groups is 2. The van der Waals surface area contributed by atoms with E-state index in [-0.39, 0.29) is 12.1 Å². The van der Waals surface area contributed by atoms with Crippen molar-refractivity contribution in [2.45, 2.75) is 136 Å². The fraction of sp³-hybridized carbons (Fsp3) is 0.600. The number of aliphatic imine (C=N–C) groups is 2. The van der Waals surface area contributed by atoms with Crippen LogP contribution in [0.4, 0.5) is 0 Å². The van der Waals surface area contributed by atoms with Crippen LogP contribution in [-0.2, 0) is 25.7 Å². The summed E-state index contributed by atoms with van der Waals surface area (Å²) in [4.78, 5) is 9.81. The largest absolute Gasteiger partial charge is 0.507 e. The number of unbranched alkanes of at least 4 members (excludes halogenated alkanes) is 4. The molecule has 0 spiro atoms. The lowest BCUT2D eigenvalue weighted by Crippen LogP contribution is -2.04. The van der Waals surface area contributed by atoms with E-state index in [0.717, 1.165) is 106 Å². The zero-order chi connectivity index (χ0) is 28.0. The number of hydrogen-bond acceptors (Lipinski definition) is 4. The molecule has 1 fully saturated rings. The smallest absolute Gasteiger partial charge is 0.127 e. The molecule has 1 saturated carbocycles. The molecule has 2 atom stereocenters. The minimum Gasteiger partial charge on any atom is -0.507 e. The van der Waals surface area contributed by atoms with Crippen LogP contribution in [0.2, 0.25) is 0 Å². The first-order valence-electron chi connectivity index (χ1n) is 15.7. The number of phenols is 2. The van der Waals surface area contributed by atoms with E-state index in [4.69, 9.17) is 9.98 Å². The Morgan fingerprint density at radius 2 is 1.00 bits per heavy atom. The van der Waals surface area contributed by atoms with Crippen LogP contribution in [0.3, 0.4) is 0 Å². The van der Waals surface area contributed by atoms with Crippen molar-refractivity contribution in [1.82, 2.24) is 0 Å². The van der Waals surface area contributed by atoms with Gasteiger partial charge in [-0.3, -0.25) is 9.98 Å². The molecule has 0 saturated heterocycles. The molecule has 4 nitrogen and oxygen atoms in total. The van der Waals surface area contributed by atoms with Gasteiger partial charge in [0.2, 0.25) is 0 Å². The first kappa shape index (κ1) is 30.9. The van der Waals surface area contributed by atoms with Crippen LogP contribution >= 0.6 is 0 Å². The van der Waals surface area contributed by atoms with Crippen molar-refractivity contribution in [2.75, 3.05) is 0 Å². The van der Waals surface area contributed by atoms with Gasteiger partial charge in [-0.1, -0.05) is 65.5 Å². The van der Waals surface area contributed by atoms with Crippen LogP contribution < -0.4 is 0 Å². The fourth-order valence-corrected chi connectivity index (χ4v) is 5.51. The Hall–Kier alpha value is -2.62. The van der Waals surface area contributed by atoms with Gasteiger partial charge in [0.05, 0.1) is 12.1 Å². The van der Waals surface area contributed by atoms with Crippen molar-refractivity contribution in [3.8, 4) is 11.5 Å². The third-order valence-corrected chi connectivity index (χ3v) is 8.02. The Bertz CT molecular complexity index is 1000. The molecule has 0 aliphatic heterocycles. The lowest BCUT2D eigenvalue weighted by atomic mass is 9.97. The van der Waals surface area contributed by atoms with E-state index in [2.05, 4.69) is 52.0 Å². The first-order valence-corrected chi connectivity index (χ1v) is 15.7. The maximum atomic E-state index is 10.9. The standard InChI is InChI=1S/C35H52N2O2/c1-5-9-13-26-19-28(15-11-7-3)34(38)30(21-26)24-36-32-17-18-33(23-32)37-25-31-22-27(14-10-6-2)20-29(35(31)39)16-12-8-4/h19-22,24-25,32-33,38-39H,5-18,23H2,1-4H3. The van der Waals surface area contributed by atoms with Crippen molar-refractivity contribution >= 4 is 12.4 Å². The number of phenolic OH excluding ortho intramolecular Hbond substituents is 2. The van der Waals surface area contributed by atoms with Gasteiger partial charge in [-0.2, -0.15) is 0 Å². The molecular formula is C35H52N2O2. The molecule has 0 bridgehead atoms. The summed E-state index contributed by atoms with van der Waals surface area (Å²) in [6.45, 7) is 8.82. The van der Waals surface area contributed by atoms with Crippen LogP contribution in [0.25, 0.3) is 0 Å². The van der Waals surface area contributed by atoms with Gasteiger partial charge in [0, 0.05) is 23.6 Å². The molecule has 2 aromatic carbocycles. The summed E-state index contributed by atoms with van der Waals surface area (Å²) in [6, 6.07) is 9.07. The topological polar surface area (TPSA) is 65.2 Å². The van der Waals surface area contributed by atoms with Gasteiger partial charge in [0.25, 0.3) is 0 Å². The average molecular weight is 533 g/mol. The van der Waals surface area contributed by atoms with Gasteiger partial charge in [-0.05, 0) is 105 Å². The summed E-state index contributed by atoms with van der Waals surface area (Å²) in [6.07, 6.45) is 19.7. The molecule has 3 rings (SSSR count). The Kier molecular flexibility index (Phi) is 13.1. The molecule has 4 heteroatoms. The zero-order valence-corrected chi connectivity index (χ0v) is 25.0. The van der Waals surface area contributed by atoms with Crippen LogP contribution in [0.5, 0.6) is 11.5 Å². The second kappa shape index (κ2) is 16.5. The summed E-state index contributed by atoms with van der Waals surface area (Å²) in [5.74, 6) is 0.801. The third-order valence-electron chi connectivity index (χ3n) is 8.02. The van der Waals surface area contributed by atoms with Crippen LogP contribution in [0, 0.1) is 0 Å². The monoisotopic (exact) mass is 532 g/mol. The summed E-state index contributed by atoms with van der Waals surface area (Å²) in [7, 11) is 0. The predicted molar refractivity (Wildman–Crippen MR) is 167 cm³/mol. The number of nitrogens with zero attached hydrogens (tertiary/aromatic N) is 2. The molecule has 0 amide bonds. The molecule has 1 aliphatic carbocycles. The highest BCUT2D eigenvalue weighted by Crippen LogP contribution is 2.30. The molecule has 214 valence electrons. The van der Waals surface area contributed by atoms with Crippen LogP contribution in [-0.4, -0.2) is 34.7 Å². The van der Waals surface area contributed by atoms with Gasteiger partial charge in [-0.15, -0.1) is 0 Å².